The molecule has 0 aliphatic carbocycles. The molecule has 1 aromatic heterocycles. The van der Waals surface area contributed by atoms with Gasteiger partial charge in [-0.15, -0.1) is 0 Å². The van der Waals surface area contributed by atoms with Crippen LogP contribution in [-0.4, -0.2) is 30.6 Å². The number of carboxylic acid groups (broad SMARTS) is 1. The van der Waals surface area contributed by atoms with E-state index >= 15 is 0 Å². The van der Waals surface area contributed by atoms with Crippen LogP contribution in [0, 0.1) is 13.8 Å². The number of nitrogens with one attached hydrogen (secondary N) is 1. The van der Waals surface area contributed by atoms with Gasteiger partial charge in [0.25, 0.3) is 10.0 Å². The highest BCUT2D eigenvalue weighted by atomic mass is 32.2. The lowest BCUT2D eigenvalue weighted by atomic mass is 10.1. The molecule has 2 N–H and O–H groups in total. The molecule has 0 fully saturated rings. The third-order valence-electron chi connectivity index (χ3n) is 5.04. The smallest absolute Gasteiger partial charge is 0.335 e. The van der Waals surface area contributed by atoms with E-state index in [0.717, 1.165) is 16.7 Å². The molecule has 9 heteroatoms. The van der Waals surface area contributed by atoms with Gasteiger partial charge in [-0.2, -0.15) is 8.42 Å². The van der Waals surface area contributed by atoms with Crippen LogP contribution in [0.25, 0.3) is 0 Å². The minimum absolute atomic E-state index is 0.0767. The van der Waals surface area contributed by atoms with Crippen molar-refractivity contribution in [2.24, 2.45) is 0 Å². The molecule has 1 atom stereocenters. The molecule has 0 unspecified atom stereocenters. The maximum Gasteiger partial charge on any atom is 0.335 e. The molecular weight excluding hydrogens is 447 g/mol. The van der Waals surface area contributed by atoms with E-state index in [1.165, 1.54) is 31.3 Å². The van der Waals surface area contributed by atoms with Gasteiger partial charge in [0.2, 0.25) is 0 Å². The zero-order valence-corrected chi connectivity index (χ0v) is 19.3. The number of hydrogen-bond donors (Lipinski definition) is 2. The number of benzene rings is 2. The maximum atomic E-state index is 13.6. The van der Waals surface area contributed by atoms with E-state index in [0.29, 0.717) is 5.75 Å². The van der Waals surface area contributed by atoms with Crippen molar-refractivity contribution in [3.63, 3.8) is 0 Å². The van der Waals surface area contributed by atoms with Crippen molar-refractivity contribution in [1.29, 1.82) is 0 Å². The van der Waals surface area contributed by atoms with E-state index in [2.05, 4.69) is 9.71 Å². The highest BCUT2D eigenvalue weighted by Crippen LogP contribution is 2.31. The fourth-order valence-electron chi connectivity index (χ4n) is 3.21. The van der Waals surface area contributed by atoms with E-state index in [1.54, 1.807) is 30.3 Å². The Bertz CT molecular complexity index is 1260. The number of halogens is 1. The number of aromatic carboxylic acids is 1. The Morgan fingerprint density at radius 2 is 1.82 bits per heavy atom. The molecule has 0 saturated carbocycles. The standard InChI is InChI=1S/C24H25FN2O5S/c1-15-11-21(27-33(30,31)23-20(13-17(3)25)5-4-10-26-23)22(12-16(15)2)32-14-18-6-8-19(9-7-18)24(28)29/h4-12,17,27H,13-14H2,1-3H3,(H,28,29)/t17-/m0/s1. The summed E-state index contributed by atoms with van der Waals surface area (Å²) < 4.78 is 48.2. The van der Waals surface area contributed by atoms with Crippen molar-refractivity contribution in [3.05, 3.63) is 82.5 Å². The average Bonchev–Trinajstić information content (AvgIpc) is 2.75. The third kappa shape index (κ3) is 6.07. The SMILES string of the molecule is Cc1cc(NS(=O)(=O)c2ncccc2C[C@H](C)F)c(OCc2ccc(C(=O)O)cc2)cc1C. The van der Waals surface area contributed by atoms with Crippen LogP contribution < -0.4 is 9.46 Å². The minimum atomic E-state index is -4.11. The molecule has 33 heavy (non-hydrogen) atoms. The van der Waals surface area contributed by atoms with Gasteiger partial charge in [-0.3, -0.25) is 4.72 Å². The van der Waals surface area contributed by atoms with Crippen LogP contribution in [0.5, 0.6) is 5.75 Å². The van der Waals surface area contributed by atoms with Gasteiger partial charge in [-0.1, -0.05) is 18.2 Å². The number of anilines is 1. The molecule has 1 heterocycles. The molecule has 174 valence electrons. The topological polar surface area (TPSA) is 106 Å². The van der Waals surface area contributed by atoms with E-state index in [4.69, 9.17) is 9.84 Å². The molecule has 0 saturated heterocycles. The number of carboxylic acids is 1. The van der Waals surface area contributed by atoms with Gasteiger partial charge >= 0.3 is 5.97 Å². The van der Waals surface area contributed by atoms with Gasteiger partial charge in [0.05, 0.1) is 11.3 Å². The summed E-state index contributed by atoms with van der Waals surface area (Å²) in [6.07, 6.45) is 0.0443. The van der Waals surface area contributed by atoms with Gasteiger partial charge in [0, 0.05) is 12.6 Å². The first-order valence-corrected chi connectivity index (χ1v) is 11.7. The van der Waals surface area contributed by atoms with Gasteiger partial charge in [-0.05, 0) is 73.4 Å². The second kappa shape index (κ2) is 9.99. The molecule has 0 aliphatic heterocycles. The van der Waals surface area contributed by atoms with E-state index in [1.807, 2.05) is 13.8 Å². The summed E-state index contributed by atoms with van der Waals surface area (Å²) in [5.74, 6) is -0.718. The van der Waals surface area contributed by atoms with E-state index < -0.39 is 22.2 Å². The van der Waals surface area contributed by atoms with Gasteiger partial charge < -0.3 is 9.84 Å². The zero-order valence-electron chi connectivity index (χ0n) is 18.5. The number of aryl methyl sites for hydroxylation is 2. The highest BCUT2D eigenvalue weighted by molar-refractivity contribution is 7.92. The fraction of sp³-hybridized carbons (Fsp3) is 0.250. The van der Waals surface area contributed by atoms with Crippen LogP contribution in [-0.2, 0) is 23.1 Å². The molecule has 3 aromatic rings. The number of carbonyl (C=O) groups is 1. The number of pyridine rings is 1. The second-order valence-electron chi connectivity index (χ2n) is 7.78. The molecule has 0 amide bonds. The molecule has 7 nitrogen and oxygen atoms in total. The molecule has 0 spiro atoms. The lowest BCUT2D eigenvalue weighted by molar-refractivity contribution is 0.0696. The lowest BCUT2D eigenvalue weighted by Gasteiger charge is -2.17. The fourth-order valence-corrected chi connectivity index (χ4v) is 4.45. The average molecular weight is 473 g/mol. The second-order valence-corrected chi connectivity index (χ2v) is 9.38. The first-order valence-electron chi connectivity index (χ1n) is 10.2. The Hall–Kier alpha value is -3.46. The summed E-state index contributed by atoms with van der Waals surface area (Å²) in [7, 11) is -4.11. The third-order valence-corrected chi connectivity index (χ3v) is 6.41. The summed E-state index contributed by atoms with van der Waals surface area (Å²) in [4.78, 5) is 15.0. The summed E-state index contributed by atoms with van der Waals surface area (Å²) in [5.41, 5.74) is 3.14. The predicted molar refractivity (Wildman–Crippen MR) is 123 cm³/mol. The number of ether oxygens (including phenoxy) is 1. The molecule has 3 rings (SSSR count). The van der Waals surface area contributed by atoms with Crippen LogP contribution >= 0.6 is 0 Å². The Morgan fingerprint density at radius 3 is 2.45 bits per heavy atom. The number of aromatic nitrogens is 1. The van der Waals surface area contributed by atoms with Crippen molar-refractivity contribution in [1.82, 2.24) is 4.98 Å². The minimum Gasteiger partial charge on any atom is -0.487 e. The molecule has 0 radical (unpaired) electrons. The van der Waals surface area contributed by atoms with Crippen LogP contribution in [0.15, 0.2) is 59.8 Å². The summed E-state index contributed by atoms with van der Waals surface area (Å²) in [5, 5.41) is 8.79. The quantitative estimate of drug-likeness (QED) is 0.469. The summed E-state index contributed by atoms with van der Waals surface area (Å²) >= 11 is 0. The Morgan fingerprint density at radius 1 is 1.15 bits per heavy atom. The largest absolute Gasteiger partial charge is 0.487 e. The zero-order chi connectivity index (χ0) is 24.2. The Kier molecular flexibility index (Phi) is 7.33. The molecule has 0 bridgehead atoms. The van der Waals surface area contributed by atoms with Gasteiger partial charge in [-0.25, -0.2) is 14.2 Å². The Balaban J connectivity index is 1.89. The number of alkyl halides is 1. The monoisotopic (exact) mass is 472 g/mol. The first-order chi connectivity index (χ1) is 15.6. The van der Waals surface area contributed by atoms with E-state index in [-0.39, 0.29) is 34.9 Å². The summed E-state index contributed by atoms with van der Waals surface area (Å²) in [6.45, 7) is 5.18. The molecular formula is C24H25FN2O5S. The van der Waals surface area contributed by atoms with Gasteiger partial charge in [0.15, 0.2) is 5.03 Å². The lowest BCUT2D eigenvalue weighted by Crippen LogP contribution is -2.18. The van der Waals surface area contributed by atoms with E-state index in [9.17, 15) is 17.6 Å². The first kappa shape index (κ1) is 24.2. The van der Waals surface area contributed by atoms with Crippen LogP contribution in [0.4, 0.5) is 10.1 Å². The molecule has 2 aromatic carbocycles. The number of nitrogens with zero attached hydrogens (tertiary/aromatic N) is 1. The van der Waals surface area contributed by atoms with Crippen molar-refractivity contribution in [2.75, 3.05) is 4.72 Å². The highest BCUT2D eigenvalue weighted by Gasteiger charge is 2.23. The van der Waals surface area contributed by atoms with Crippen molar-refractivity contribution in [3.8, 4) is 5.75 Å². The van der Waals surface area contributed by atoms with Crippen LogP contribution in [0.2, 0.25) is 0 Å². The normalized spacial score (nSPS) is 12.2. The van der Waals surface area contributed by atoms with Crippen LogP contribution in [0.3, 0.4) is 0 Å². The van der Waals surface area contributed by atoms with Gasteiger partial charge in [0.1, 0.15) is 18.5 Å². The maximum absolute atomic E-state index is 13.6. The number of rotatable bonds is 9. The number of sulfonamides is 1. The number of hydrogen-bond acceptors (Lipinski definition) is 5. The molecule has 0 aliphatic rings. The van der Waals surface area contributed by atoms with Crippen molar-refractivity contribution < 1.29 is 27.4 Å². The predicted octanol–water partition coefficient (Wildman–Crippen LogP) is 4.68. The van der Waals surface area contributed by atoms with Crippen LogP contribution in [0.1, 0.15) is 39.5 Å². The van der Waals surface area contributed by atoms with Crippen molar-refractivity contribution in [2.45, 2.75) is 45.0 Å². The Labute approximate surface area is 192 Å². The summed E-state index contributed by atoms with van der Waals surface area (Å²) in [6, 6.07) is 12.7. The van der Waals surface area contributed by atoms with Crippen molar-refractivity contribution >= 4 is 21.7 Å².